The number of hydrogen-bond donors (Lipinski definition) is 2. The monoisotopic (exact) mass is 297 g/mol. The van der Waals surface area contributed by atoms with Crippen LogP contribution in [-0.2, 0) is 4.74 Å². The number of aryl methyl sites for hydroxylation is 2. The molecule has 5 heteroatoms. The molecule has 0 fully saturated rings. The molecule has 0 spiro atoms. The first-order chi connectivity index (χ1) is 9.92. The number of ether oxygens (including phenoxy) is 2. The third-order valence-corrected chi connectivity index (χ3v) is 3.18. The van der Waals surface area contributed by atoms with Crippen molar-refractivity contribution in [1.82, 2.24) is 4.90 Å². The van der Waals surface area contributed by atoms with Gasteiger partial charge in [0.15, 0.2) is 0 Å². The van der Waals surface area contributed by atoms with Crippen LogP contribution in [0.25, 0.3) is 0 Å². The van der Waals surface area contributed by atoms with Crippen molar-refractivity contribution in [1.29, 1.82) is 0 Å². The minimum absolute atomic E-state index is 0.231. The van der Waals surface area contributed by atoms with E-state index < -0.39 is 12.2 Å². The highest BCUT2D eigenvalue weighted by atomic mass is 16.5. The van der Waals surface area contributed by atoms with Crippen molar-refractivity contribution in [2.45, 2.75) is 26.1 Å². The molecule has 5 nitrogen and oxygen atoms in total. The van der Waals surface area contributed by atoms with Crippen LogP contribution in [0.15, 0.2) is 18.2 Å². The van der Waals surface area contributed by atoms with E-state index in [0.29, 0.717) is 19.7 Å². The predicted octanol–water partition coefficient (Wildman–Crippen LogP) is 0.982. The lowest BCUT2D eigenvalue weighted by molar-refractivity contribution is 0.0242. The van der Waals surface area contributed by atoms with Gasteiger partial charge in [0.25, 0.3) is 0 Å². The van der Waals surface area contributed by atoms with Crippen LogP contribution in [0.4, 0.5) is 0 Å². The third kappa shape index (κ3) is 6.91. The Kier molecular flexibility index (Phi) is 7.67. The predicted molar refractivity (Wildman–Crippen MR) is 82.8 cm³/mol. The molecule has 2 atom stereocenters. The van der Waals surface area contributed by atoms with Crippen LogP contribution >= 0.6 is 0 Å². The van der Waals surface area contributed by atoms with Gasteiger partial charge >= 0.3 is 0 Å². The largest absolute Gasteiger partial charge is 0.491 e. The van der Waals surface area contributed by atoms with Gasteiger partial charge < -0.3 is 24.6 Å². The Bertz CT molecular complexity index is 425. The molecular weight excluding hydrogens is 270 g/mol. The van der Waals surface area contributed by atoms with E-state index in [9.17, 15) is 10.2 Å². The van der Waals surface area contributed by atoms with Gasteiger partial charge in [-0.15, -0.1) is 0 Å². The fraction of sp³-hybridized carbons (Fsp3) is 0.625. The summed E-state index contributed by atoms with van der Waals surface area (Å²) >= 11 is 0. The molecule has 1 aromatic carbocycles. The van der Waals surface area contributed by atoms with Gasteiger partial charge in [0, 0.05) is 20.2 Å². The molecular formula is C16H27NO4. The van der Waals surface area contributed by atoms with Crippen LogP contribution in [0.2, 0.25) is 0 Å². The van der Waals surface area contributed by atoms with Crippen LogP contribution in [-0.4, -0.2) is 67.8 Å². The number of aliphatic hydroxyl groups is 2. The summed E-state index contributed by atoms with van der Waals surface area (Å²) in [6.45, 7) is 5.40. The number of hydrogen-bond acceptors (Lipinski definition) is 5. The molecule has 0 aliphatic rings. The Morgan fingerprint density at radius 2 is 1.71 bits per heavy atom. The van der Waals surface area contributed by atoms with E-state index in [-0.39, 0.29) is 6.61 Å². The molecule has 0 heterocycles. The van der Waals surface area contributed by atoms with E-state index in [1.807, 2.05) is 44.0 Å². The van der Waals surface area contributed by atoms with Gasteiger partial charge in [-0.05, 0) is 38.1 Å². The number of methoxy groups -OCH3 is 1. The first kappa shape index (κ1) is 17.9. The van der Waals surface area contributed by atoms with Crippen LogP contribution in [0.5, 0.6) is 5.75 Å². The van der Waals surface area contributed by atoms with E-state index >= 15 is 0 Å². The fourth-order valence-electron chi connectivity index (χ4n) is 2.14. The average Bonchev–Trinajstić information content (AvgIpc) is 2.39. The lowest BCUT2D eigenvalue weighted by Gasteiger charge is -2.23. The van der Waals surface area contributed by atoms with E-state index in [2.05, 4.69) is 0 Å². The van der Waals surface area contributed by atoms with Crippen molar-refractivity contribution in [3.8, 4) is 5.75 Å². The van der Waals surface area contributed by atoms with Crippen LogP contribution in [0.3, 0.4) is 0 Å². The van der Waals surface area contributed by atoms with Crippen molar-refractivity contribution in [3.63, 3.8) is 0 Å². The van der Waals surface area contributed by atoms with Gasteiger partial charge in [-0.2, -0.15) is 0 Å². The first-order valence-electron chi connectivity index (χ1n) is 7.16. The van der Waals surface area contributed by atoms with Gasteiger partial charge in [-0.3, -0.25) is 0 Å². The Morgan fingerprint density at radius 1 is 1.10 bits per heavy atom. The second-order valence-electron chi connectivity index (χ2n) is 5.56. The summed E-state index contributed by atoms with van der Waals surface area (Å²) in [5, 5.41) is 19.6. The maximum Gasteiger partial charge on any atom is 0.122 e. The molecule has 120 valence electrons. The second-order valence-corrected chi connectivity index (χ2v) is 5.56. The zero-order chi connectivity index (χ0) is 15.8. The lowest BCUT2D eigenvalue weighted by Crippen LogP contribution is -2.38. The Labute approximate surface area is 127 Å². The van der Waals surface area contributed by atoms with Gasteiger partial charge in [-0.1, -0.05) is 12.1 Å². The number of likely N-dealkylation sites (N-methyl/N-ethyl adjacent to an activating group) is 1. The Balaban J connectivity index is 2.36. The molecule has 0 radical (unpaired) electrons. The van der Waals surface area contributed by atoms with Gasteiger partial charge in [0.1, 0.15) is 18.5 Å². The summed E-state index contributed by atoms with van der Waals surface area (Å²) in [5.74, 6) is 0.802. The van der Waals surface area contributed by atoms with Gasteiger partial charge in [-0.25, -0.2) is 0 Å². The van der Waals surface area contributed by atoms with E-state index in [4.69, 9.17) is 9.47 Å². The minimum Gasteiger partial charge on any atom is -0.491 e. The zero-order valence-corrected chi connectivity index (χ0v) is 13.4. The molecule has 0 aliphatic carbocycles. The van der Waals surface area contributed by atoms with Crippen LogP contribution in [0.1, 0.15) is 11.1 Å². The standard InChI is InChI=1S/C16H27NO4/c1-12-5-6-13(2)16(7-12)21-11-15(19)9-17(3)8-14(18)10-20-4/h5-7,14-15,18-19H,8-11H2,1-4H3. The van der Waals surface area contributed by atoms with Crippen molar-refractivity contribution in [3.05, 3.63) is 29.3 Å². The molecule has 0 saturated carbocycles. The van der Waals surface area contributed by atoms with E-state index in [0.717, 1.165) is 16.9 Å². The maximum absolute atomic E-state index is 10.0. The number of rotatable bonds is 9. The topological polar surface area (TPSA) is 62.2 Å². The molecule has 1 rings (SSSR count). The summed E-state index contributed by atoms with van der Waals surface area (Å²) in [6, 6.07) is 6.00. The molecule has 0 aromatic heterocycles. The first-order valence-corrected chi connectivity index (χ1v) is 7.16. The van der Waals surface area contributed by atoms with Crippen molar-refractivity contribution in [2.24, 2.45) is 0 Å². The number of aliphatic hydroxyl groups excluding tert-OH is 2. The molecule has 0 bridgehead atoms. The highest BCUT2D eigenvalue weighted by molar-refractivity contribution is 5.35. The lowest BCUT2D eigenvalue weighted by atomic mass is 10.1. The molecule has 21 heavy (non-hydrogen) atoms. The summed E-state index contributed by atoms with van der Waals surface area (Å²) in [7, 11) is 3.40. The highest BCUT2D eigenvalue weighted by Crippen LogP contribution is 2.19. The fourth-order valence-corrected chi connectivity index (χ4v) is 2.14. The third-order valence-electron chi connectivity index (χ3n) is 3.18. The summed E-state index contributed by atoms with van der Waals surface area (Å²) < 4.78 is 10.5. The second kappa shape index (κ2) is 9.00. The average molecular weight is 297 g/mol. The van der Waals surface area contributed by atoms with Crippen molar-refractivity contribution < 1.29 is 19.7 Å². The van der Waals surface area contributed by atoms with Crippen molar-refractivity contribution >= 4 is 0 Å². The molecule has 2 N–H and O–H groups in total. The van der Waals surface area contributed by atoms with Crippen molar-refractivity contribution in [2.75, 3.05) is 40.5 Å². The summed E-state index contributed by atoms with van der Waals surface area (Å²) in [4.78, 5) is 1.86. The summed E-state index contributed by atoms with van der Waals surface area (Å²) in [5.41, 5.74) is 2.18. The smallest absolute Gasteiger partial charge is 0.122 e. The van der Waals surface area contributed by atoms with Crippen LogP contribution in [0, 0.1) is 13.8 Å². The van der Waals surface area contributed by atoms with Gasteiger partial charge in [0.05, 0.1) is 12.7 Å². The quantitative estimate of drug-likeness (QED) is 0.711. The Hall–Kier alpha value is -1.14. The van der Waals surface area contributed by atoms with E-state index in [1.54, 1.807) is 7.11 Å². The SMILES string of the molecule is COCC(O)CN(C)CC(O)COc1cc(C)ccc1C. The van der Waals surface area contributed by atoms with Gasteiger partial charge in [0.2, 0.25) is 0 Å². The molecule has 0 saturated heterocycles. The Morgan fingerprint density at radius 3 is 2.33 bits per heavy atom. The molecule has 2 unspecified atom stereocenters. The highest BCUT2D eigenvalue weighted by Gasteiger charge is 2.13. The zero-order valence-electron chi connectivity index (χ0n) is 13.4. The number of nitrogens with zero attached hydrogens (tertiary/aromatic N) is 1. The minimum atomic E-state index is -0.607. The maximum atomic E-state index is 10.0. The molecule has 0 amide bonds. The van der Waals surface area contributed by atoms with E-state index in [1.165, 1.54) is 0 Å². The number of benzene rings is 1. The summed E-state index contributed by atoms with van der Waals surface area (Å²) in [6.07, 6.45) is -1.16. The van der Waals surface area contributed by atoms with Crippen LogP contribution < -0.4 is 4.74 Å². The molecule has 0 aliphatic heterocycles. The molecule has 1 aromatic rings. The normalized spacial score (nSPS) is 14.2.